The van der Waals surface area contributed by atoms with E-state index in [0.717, 1.165) is 22.9 Å². The van der Waals surface area contributed by atoms with Crippen LogP contribution >= 0.6 is 11.3 Å². The Hall–Kier alpha value is -1.90. The van der Waals surface area contributed by atoms with E-state index in [1.807, 2.05) is 43.5 Å². The molecule has 2 rings (SSSR count). The second kappa shape index (κ2) is 6.88. The molecule has 0 aliphatic carbocycles. The highest BCUT2D eigenvalue weighted by atomic mass is 32.1. The van der Waals surface area contributed by atoms with Gasteiger partial charge < -0.3 is 10.1 Å². The molecule has 5 heteroatoms. The molecule has 1 aromatic carbocycles. The number of nitrogens with zero attached hydrogens (tertiary/aromatic N) is 2. The van der Waals surface area contributed by atoms with Crippen LogP contribution < -0.4 is 10.1 Å². The van der Waals surface area contributed by atoms with Crippen LogP contribution in [-0.4, -0.2) is 11.6 Å². The van der Waals surface area contributed by atoms with Gasteiger partial charge in [-0.15, -0.1) is 11.3 Å². The molecule has 0 saturated carbocycles. The Morgan fingerprint density at radius 2 is 2.21 bits per heavy atom. The molecule has 0 aliphatic rings. The largest absolute Gasteiger partial charge is 0.478 e. The summed E-state index contributed by atoms with van der Waals surface area (Å²) in [5.74, 6) is 0.761. The van der Waals surface area contributed by atoms with Crippen LogP contribution in [0.5, 0.6) is 5.75 Å². The molecule has 1 heterocycles. The van der Waals surface area contributed by atoms with E-state index in [1.165, 1.54) is 4.88 Å². The van der Waals surface area contributed by atoms with Gasteiger partial charge in [-0.1, -0.05) is 18.2 Å². The van der Waals surface area contributed by atoms with Crippen LogP contribution in [0.2, 0.25) is 0 Å². The molecule has 0 atom stereocenters. The maximum absolute atomic E-state index is 8.55. The van der Waals surface area contributed by atoms with E-state index in [0.29, 0.717) is 6.54 Å². The lowest BCUT2D eigenvalue weighted by molar-refractivity contribution is 0.362. The molecule has 2 aromatic rings. The molecule has 98 valence electrons. The molecule has 0 fully saturated rings. The molecule has 1 aromatic heterocycles. The van der Waals surface area contributed by atoms with Crippen LogP contribution in [0.15, 0.2) is 30.5 Å². The highest BCUT2D eigenvalue weighted by Crippen LogP contribution is 2.18. The standard InChI is InChI=1S/C14H15N3OS/c1-11-17-10-13(19-11)9-16-8-12-4-2-3-5-14(12)18-7-6-15/h2-5,10,16H,7-9H2,1H3. The molecule has 0 amide bonds. The molecule has 0 radical (unpaired) electrons. The lowest BCUT2D eigenvalue weighted by Crippen LogP contribution is -2.13. The number of hydrogen-bond acceptors (Lipinski definition) is 5. The van der Waals surface area contributed by atoms with Gasteiger partial charge in [0.25, 0.3) is 0 Å². The maximum atomic E-state index is 8.55. The fourth-order valence-corrected chi connectivity index (χ4v) is 2.47. The zero-order chi connectivity index (χ0) is 13.5. The van der Waals surface area contributed by atoms with Crippen molar-refractivity contribution in [3.05, 3.63) is 45.9 Å². The predicted molar refractivity (Wildman–Crippen MR) is 74.9 cm³/mol. The quantitative estimate of drug-likeness (QED) is 0.879. The van der Waals surface area contributed by atoms with E-state index >= 15 is 0 Å². The fraction of sp³-hybridized carbons (Fsp3) is 0.286. The lowest BCUT2D eigenvalue weighted by atomic mass is 10.2. The zero-order valence-electron chi connectivity index (χ0n) is 10.7. The zero-order valence-corrected chi connectivity index (χ0v) is 11.5. The van der Waals surface area contributed by atoms with Gasteiger partial charge >= 0.3 is 0 Å². The number of para-hydroxylation sites is 1. The summed E-state index contributed by atoms with van der Waals surface area (Å²) in [7, 11) is 0. The van der Waals surface area contributed by atoms with E-state index in [9.17, 15) is 0 Å². The van der Waals surface area contributed by atoms with Gasteiger partial charge in [0.2, 0.25) is 0 Å². The first kappa shape index (κ1) is 13.5. The molecule has 0 aliphatic heterocycles. The fourth-order valence-electron chi connectivity index (χ4n) is 1.71. The van der Waals surface area contributed by atoms with Gasteiger partial charge in [0.15, 0.2) is 6.61 Å². The Balaban J connectivity index is 1.90. The highest BCUT2D eigenvalue weighted by molar-refractivity contribution is 7.11. The van der Waals surface area contributed by atoms with Gasteiger partial charge in [0.1, 0.15) is 11.8 Å². The van der Waals surface area contributed by atoms with Gasteiger partial charge in [0, 0.05) is 29.7 Å². The van der Waals surface area contributed by atoms with Gasteiger partial charge in [-0.3, -0.25) is 0 Å². The molecule has 0 saturated heterocycles. The first-order valence-corrected chi connectivity index (χ1v) is 6.81. The monoisotopic (exact) mass is 273 g/mol. The van der Waals surface area contributed by atoms with Crippen LogP contribution in [0, 0.1) is 18.3 Å². The molecule has 4 nitrogen and oxygen atoms in total. The van der Waals surface area contributed by atoms with Crippen LogP contribution in [0.3, 0.4) is 0 Å². The summed E-state index contributed by atoms with van der Waals surface area (Å²) in [4.78, 5) is 5.43. The summed E-state index contributed by atoms with van der Waals surface area (Å²) in [6.45, 7) is 3.57. The number of rotatable bonds is 6. The van der Waals surface area contributed by atoms with Crippen molar-refractivity contribution in [2.45, 2.75) is 20.0 Å². The number of benzene rings is 1. The molecule has 19 heavy (non-hydrogen) atoms. The average Bonchev–Trinajstić information content (AvgIpc) is 2.83. The SMILES string of the molecule is Cc1ncc(CNCc2ccccc2OCC#N)s1. The van der Waals surface area contributed by atoms with E-state index in [2.05, 4.69) is 10.3 Å². The normalized spacial score (nSPS) is 10.1. The van der Waals surface area contributed by atoms with Gasteiger partial charge in [0.05, 0.1) is 5.01 Å². The first-order chi connectivity index (χ1) is 9.29. The first-order valence-electron chi connectivity index (χ1n) is 5.99. The number of thiazole rings is 1. The molecular formula is C14H15N3OS. The third-order valence-corrected chi connectivity index (χ3v) is 3.46. The second-order valence-corrected chi connectivity index (χ2v) is 5.32. The van der Waals surface area contributed by atoms with E-state index < -0.39 is 0 Å². The summed E-state index contributed by atoms with van der Waals surface area (Å²) < 4.78 is 5.38. The van der Waals surface area contributed by atoms with Crippen molar-refractivity contribution in [1.82, 2.24) is 10.3 Å². The summed E-state index contributed by atoms with van der Waals surface area (Å²) in [6, 6.07) is 9.73. The summed E-state index contributed by atoms with van der Waals surface area (Å²) in [5.41, 5.74) is 1.05. The minimum Gasteiger partial charge on any atom is -0.478 e. The Labute approximate surface area is 116 Å². The Bertz CT molecular complexity index is 574. The summed E-state index contributed by atoms with van der Waals surface area (Å²) in [5, 5.41) is 13.0. The van der Waals surface area contributed by atoms with Crippen molar-refractivity contribution in [2.75, 3.05) is 6.61 Å². The smallest absolute Gasteiger partial charge is 0.174 e. The summed E-state index contributed by atoms with van der Waals surface area (Å²) >= 11 is 1.69. The van der Waals surface area contributed by atoms with Crippen molar-refractivity contribution in [3.8, 4) is 11.8 Å². The predicted octanol–water partition coefficient (Wildman–Crippen LogP) is 2.64. The minimum atomic E-state index is 0.0745. The number of nitriles is 1. The van der Waals surface area contributed by atoms with Crippen LogP contribution in [-0.2, 0) is 13.1 Å². The molecule has 0 unspecified atom stereocenters. The van der Waals surface area contributed by atoms with Gasteiger partial charge in [-0.05, 0) is 13.0 Å². The van der Waals surface area contributed by atoms with Gasteiger partial charge in [-0.2, -0.15) is 5.26 Å². The van der Waals surface area contributed by atoms with E-state index in [1.54, 1.807) is 11.3 Å². The number of aryl methyl sites for hydroxylation is 1. The molecule has 0 bridgehead atoms. The molecule has 1 N–H and O–H groups in total. The van der Waals surface area contributed by atoms with E-state index in [4.69, 9.17) is 10.00 Å². The average molecular weight is 273 g/mol. The van der Waals surface area contributed by atoms with Crippen LogP contribution in [0.25, 0.3) is 0 Å². The Morgan fingerprint density at radius 1 is 1.37 bits per heavy atom. The Morgan fingerprint density at radius 3 is 2.95 bits per heavy atom. The Kier molecular flexibility index (Phi) is 4.90. The summed E-state index contributed by atoms with van der Waals surface area (Å²) in [6.07, 6.45) is 1.89. The second-order valence-electron chi connectivity index (χ2n) is 4.00. The van der Waals surface area contributed by atoms with Crippen molar-refractivity contribution in [3.63, 3.8) is 0 Å². The van der Waals surface area contributed by atoms with Crippen LogP contribution in [0.1, 0.15) is 15.4 Å². The minimum absolute atomic E-state index is 0.0745. The molecule has 0 spiro atoms. The van der Waals surface area contributed by atoms with Crippen LogP contribution in [0.4, 0.5) is 0 Å². The topological polar surface area (TPSA) is 57.9 Å². The number of ether oxygens (including phenoxy) is 1. The maximum Gasteiger partial charge on any atom is 0.174 e. The van der Waals surface area contributed by atoms with Gasteiger partial charge in [-0.25, -0.2) is 4.98 Å². The highest BCUT2D eigenvalue weighted by Gasteiger charge is 2.03. The number of nitrogens with one attached hydrogen (secondary N) is 1. The van der Waals surface area contributed by atoms with Crippen molar-refractivity contribution < 1.29 is 4.74 Å². The molecular weight excluding hydrogens is 258 g/mol. The third-order valence-electron chi connectivity index (χ3n) is 2.55. The third kappa shape index (κ3) is 4.05. The number of aromatic nitrogens is 1. The van der Waals surface area contributed by atoms with Crippen molar-refractivity contribution in [2.24, 2.45) is 0 Å². The van der Waals surface area contributed by atoms with E-state index in [-0.39, 0.29) is 6.61 Å². The lowest BCUT2D eigenvalue weighted by Gasteiger charge is -2.09. The van der Waals surface area contributed by atoms with Crippen molar-refractivity contribution in [1.29, 1.82) is 5.26 Å². The van der Waals surface area contributed by atoms with Crippen molar-refractivity contribution >= 4 is 11.3 Å². The number of hydrogen-bond donors (Lipinski definition) is 1.